The minimum absolute atomic E-state index is 0.219. The SMILES string of the molecule is O=[N+]([O-])c1cn2c(n1)O[C@@H](COc1ccc(N3CCN(Cc4ccc(OCCc5ccc(OC(F)(F)F)cc5)cc4)CC3)cc1)CC2. The number of benzene rings is 3. The average molecular weight is 654 g/mol. The first-order valence-corrected chi connectivity index (χ1v) is 15.3. The molecule has 0 spiro atoms. The van der Waals surface area contributed by atoms with Gasteiger partial charge in [0.1, 0.15) is 36.2 Å². The van der Waals surface area contributed by atoms with Gasteiger partial charge in [-0.05, 0) is 64.6 Å². The fourth-order valence-electron chi connectivity index (χ4n) is 5.54. The molecule has 4 aromatic rings. The van der Waals surface area contributed by atoms with Crippen LogP contribution in [0.3, 0.4) is 0 Å². The molecule has 2 aliphatic heterocycles. The van der Waals surface area contributed by atoms with Gasteiger partial charge in [0.15, 0.2) is 0 Å². The van der Waals surface area contributed by atoms with Crippen LogP contribution in [0.15, 0.2) is 79.0 Å². The Morgan fingerprint density at radius 3 is 2.17 bits per heavy atom. The van der Waals surface area contributed by atoms with Gasteiger partial charge in [-0.3, -0.25) is 9.47 Å². The van der Waals surface area contributed by atoms with Crippen molar-refractivity contribution in [3.8, 4) is 23.3 Å². The smallest absolute Gasteiger partial charge is 0.493 e. The number of hydrogen-bond acceptors (Lipinski definition) is 9. The topological polar surface area (TPSA) is 104 Å². The summed E-state index contributed by atoms with van der Waals surface area (Å²) in [7, 11) is 0. The number of nitrogens with zero attached hydrogens (tertiary/aromatic N) is 5. The fourth-order valence-corrected chi connectivity index (χ4v) is 5.54. The third kappa shape index (κ3) is 8.85. The van der Waals surface area contributed by atoms with Crippen molar-refractivity contribution in [1.82, 2.24) is 14.5 Å². The first-order chi connectivity index (χ1) is 22.7. The number of nitro groups is 1. The Kier molecular flexibility index (Phi) is 9.66. The number of anilines is 1. The molecule has 0 aliphatic carbocycles. The van der Waals surface area contributed by atoms with Crippen LogP contribution in [0.1, 0.15) is 17.5 Å². The largest absolute Gasteiger partial charge is 0.573 e. The van der Waals surface area contributed by atoms with Crippen LogP contribution in [-0.4, -0.2) is 71.2 Å². The number of piperazine rings is 1. The van der Waals surface area contributed by atoms with Gasteiger partial charge in [-0.15, -0.1) is 13.2 Å². The molecule has 3 heterocycles. The molecule has 3 aromatic carbocycles. The molecule has 2 aliphatic rings. The summed E-state index contributed by atoms with van der Waals surface area (Å²) < 4.78 is 60.1. The molecule has 47 heavy (non-hydrogen) atoms. The molecule has 14 heteroatoms. The average Bonchev–Trinajstić information content (AvgIpc) is 3.50. The zero-order valence-corrected chi connectivity index (χ0v) is 25.5. The van der Waals surface area contributed by atoms with Gasteiger partial charge in [0.25, 0.3) is 0 Å². The lowest BCUT2D eigenvalue weighted by Gasteiger charge is -2.36. The number of halogens is 3. The Balaban J connectivity index is 0.888. The van der Waals surface area contributed by atoms with Crippen molar-refractivity contribution in [3.63, 3.8) is 0 Å². The van der Waals surface area contributed by atoms with Gasteiger partial charge >= 0.3 is 18.2 Å². The molecule has 1 aromatic heterocycles. The van der Waals surface area contributed by atoms with E-state index >= 15 is 0 Å². The fraction of sp³-hybridized carbons (Fsp3) is 0.364. The Labute approximate surface area is 269 Å². The number of aromatic nitrogens is 2. The number of imidazole rings is 1. The van der Waals surface area contributed by atoms with Crippen molar-refractivity contribution < 1.29 is 37.0 Å². The quantitative estimate of drug-likeness (QED) is 0.137. The third-order valence-electron chi connectivity index (χ3n) is 8.03. The molecule has 248 valence electrons. The molecule has 1 fully saturated rings. The summed E-state index contributed by atoms with van der Waals surface area (Å²) in [6.45, 7) is 5.82. The Bertz CT molecular complexity index is 1620. The van der Waals surface area contributed by atoms with Gasteiger partial charge in [-0.1, -0.05) is 24.3 Å². The maximum Gasteiger partial charge on any atom is 0.573 e. The second kappa shape index (κ2) is 14.2. The van der Waals surface area contributed by atoms with Gasteiger partial charge in [-0.2, -0.15) is 0 Å². The molecule has 1 saturated heterocycles. The lowest BCUT2D eigenvalue weighted by atomic mass is 10.1. The van der Waals surface area contributed by atoms with E-state index in [1.807, 2.05) is 24.3 Å². The molecule has 1 atom stereocenters. The minimum Gasteiger partial charge on any atom is -0.493 e. The maximum atomic E-state index is 12.3. The molecular formula is C33H34F3N5O6. The van der Waals surface area contributed by atoms with Crippen molar-refractivity contribution in [1.29, 1.82) is 0 Å². The van der Waals surface area contributed by atoms with Gasteiger partial charge in [-0.25, -0.2) is 0 Å². The highest BCUT2D eigenvalue weighted by atomic mass is 19.4. The zero-order chi connectivity index (χ0) is 32.8. The number of aryl methyl sites for hydroxylation is 1. The molecule has 11 nitrogen and oxygen atoms in total. The predicted octanol–water partition coefficient (Wildman–Crippen LogP) is 5.86. The molecule has 0 amide bonds. The van der Waals surface area contributed by atoms with E-state index in [-0.39, 0.29) is 23.7 Å². The van der Waals surface area contributed by atoms with Crippen molar-refractivity contribution in [2.75, 3.05) is 44.3 Å². The standard InChI is InChI=1S/C33H34F3N5O6/c34-33(35,36)47-29-9-1-24(2-10-29)14-20-44-27-7-3-25(4-8-27)21-38-16-18-39(19-17-38)26-5-11-28(12-6-26)45-23-30-13-15-40-22-31(41(42)43)37-32(40)46-30/h1-12,22,30H,13-21,23H2/t30-/m1/s1. The number of hydrogen-bond donors (Lipinski definition) is 0. The first kappa shape index (κ1) is 32.0. The van der Waals surface area contributed by atoms with Crippen molar-refractivity contribution in [2.24, 2.45) is 0 Å². The third-order valence-corrected chi connectivity index (χ3v) is 8.03. The van der Waals surface area contributed by atoms with Crippen LogP contribution in [0.5, 0.6) is 23.3 Å². The van der Waals surface area contributed by atoms with Crippen LogP contribution >= 0.6 is 0 Å². The van der Waals surface area contributed by atoms with Gasteiger partial charge in [0.2, 0.25) is 0 Å². The van der Waals surface area contributed by atoms with Crippen LogP contribution in [0.2, 0.25) is 0 Å². The molecule has 0 saturated carbocycles. The Morgan fingerprint density at radius 1 is 0.851 bits per heavy atom. The van der Waals surface area contributed by atoms with Crippen LogP contribution in [0.25, 0.3) is 0 Å². The molecule has 0 radical (unpaired) electrons. The maximum absolute atomic E-state index is 12.3. The van der Waals surface area contributed by atoms with Gasteiger partial charge in [0.05, 0.1) is 6.61 Å². The van der Waals surface area contributed by atoms with Crippen molar-refractivity contribution >= 4 is 11.5 Å². The lowest BCUT2D eigenvalue weighted by molar-refractivity contribution is -0.389. The van der Waals surface area contributed by atoms with E-state index in [0.717, 1.165) is 55.5 Å². The molecule has 0 bridgehead atoms. The Morgan fingerprint density at radius 2 is 1.49 bits per heavy atom. The van der Waals surface area contributed by atoms with Crippen molar-refractivity contribution in [3.05, 3.63) is 100 Å². The monoisotopic (exact) mass is 653 g/mol. The summed E-state index contributed by atoms with van der Waals surface area (Å²) in [4.78, 5) is 19.1. The number of fused-ring (bicyclic) bond motifs is 1. The molecule has 6 rings (SSSR count). The summed E-state index contributed by atoms with van der Waals surface area (Å²) >= 11 is 0. The number of ether oxygens (including phenoxy) is 4. The second-order valence-electron chi connectivity index (χ2n) is 11.4. The number of alkyl halides is 3. The Hall–Kier alpha value is -4.98. The zero-order valence-electron chi connectivity index (χ0n) is 25.5. The second-order valence-corrected chi connectivity index (χ2v) is 11.4. The van der Waals surface area contributed by atoms with E-state index in [1.54, 1.807) is 16.7 Å². The summed E-state index contributed by atoms with van der Waals surface area (Å²) in [6.07, 6.45) is -2.30. The predicted molar refractivity (Wildman–Crippen MR) is 166 cm³/mol. The van der Waals surface area contributed by atoms with E-state index < -0.39 is 11.3 Å². The highest BCUT2D eigenvalue weighted by Crippen LogP contribution is 2.27. The molecular weight excluding hydrogens is 619 g/mol. The summed E-state index contributed by atoms with van der Waals surface area (Å²) in [5, 5.41) is 11.0. The van der Waals surface area contributed by atoms with E-state index in [4.69, 9.17) is 14.2 Å². The minimum atomic E-state index is -4.70. The van der Waals surface area contributed by atoms with Crippen LogP contribution < -0.4 is 23.8 Å². The molecule has 0 unspecified atom stereocenters. The van der Waals surface area contributed by atoms with Gasteiger partial charge < -0.3 is 34.0 Å². The summed E-state index contributed by atoms with van der Waals surface area (Å²) in [5.74, 6) is 1.02. The highest BCUT2D eigenvalue weighted by Gasteiger charge is 2.31. The van der Waals surface area contributed by atoms with E-state index in [2.05, 4.69) is 43.8 Å². The van der Waals surface area contributed by atoms with Crippen LogP contribution in [0, 0.1) is 10.1 Å². The summed E-state index contributed by atoms with van der Waals surface area (Å²) in [6, 6.07) is 22.1. The molecule has 0 N–H and O–H groups in total. The van der Waals surface area contributed by atoms with Crippen LogP contribution in [-0.2, 0) is 19.5 Å². The summed E-state index contributed by atoms with van der Waals surface area (Å²) in [5.41, 5.74) is 3.18. The van der Waals surface area contributed by atoms with Crippen LogP contribution in [0.4, 0.5) is 24.7 Å². The van der Waals surface area contributed by atoms with E-state index in [0.29, 0.717) is 32.6 Å². The first-order valence-electron chi connectivity index (χ1n) is 15.3. The van der Waals surface area contributed by atoms with Gasteiger partial charge in [0, 0.05) is 62.8 Å². The van der Waals surface area contributed by atoms with E-state index in [1.165, 1.54) is 23.9 Å². The van der Waals surface area contributed by atoms with Crippen molar-refractivity contribution in [2.45, 2.75) is 38.4 Å². The normalized spacial score (nSPS) is 16.7. The number of rotatable bonds is 12. The van der Waals surface area contributed by atoms with E-state index in [9.17, 15) is 23.3 Å². The lowest BCUT2D eigenvalue weighted by Crippen LogP contribution is -2.45. The highest BCUT2D eigenvalue weighted by molar-refractivity contribution is 5.49.